The molecule has 124 valence electrons. The minimum absolute atomic E-state index is 0.509. The van der Waals surface area contributed by atoms with E-state index in [1.165, 1.54) is 51.7 Å². The van der Waals surface area contributed by atoms with Gasteiger partial charge in [-0.3, -0.25) is 4.90 Å². The standard InChI is InChI=1S/C18H37N3/c1-6-19-16-8-11-18(3,4)14-17(16)20(5)15-9-12-21(7-2)13-10-15/h15-17,19H,6-14H2,1-5H3. The predicted octanol–water partition coefficient (Wildman–Crippen LogP) is 2.96. The second-order valence-electron chi connectivity index (χ2n) is 7.97. The van der Waals surface area contributed by atoms with Crippen molar-refractivity contribution in [3.63, 3.8) is 0 Å². The molecule has 1 aliphatic carbocycles. The SMILES string of the molecule is CCNC1CCC(C)(C)CC1N(C)C1CCN(CC)CC1. The van der Waals surface area contributed by atoms with Gasteiger partial charge in [-0.15, -0.1) is 0 Å². The van der Waals surface area contributed by atoms with Crippen molar-refractivity contribution in [2.24, 2.45) is 5.41 Å². The average Bonchev–Trinajstić information content (AvgIpc) is 2.48. The van der Waals surface area contributed by atoms with Crippen LogP contribution in [0.2, 0.25) is 0 Å². The number of nitrogens with zero attached hydrogens (tertiary/aromatic N) is 2. The highest BCUT2D eigenvalue weighted by Gasteiger charge is 2.38. The molecule has 1 saturated heterocycles. The molecule has 0 bridgehead atoms. The second-order valence-corrected chi connectivity index (χ2v) is 7.97. The van der Waals surface area contributed by atoms with E-state index >= 15 is 0 Å². The summed E-state index contributed by atoms with van der Waals surface area (Å²) >= 11 is 0. The Kier molecular flexibility index (Phi) is 6.10. The fourth-order valence-electron chi connectivity index (χ4n) is 4.39. The highest BCUT2D eigenvalue weighted by Crippen LogP contribution is 2.38. The Morgan fingerprint density at radius 3 is 2.38 bits per heavy atom. The summed E-state index contributed by atoms with van der Waals surface area (Å²) in [6.07, 6.45) is 6.74. The molecular weight excluding hydrogens is 258 g/mol. The van der Waals surface area contributed by atoms with Gasteiger partial charge in [-0.25, -0.2) is 0 Å². The molecule has 0 aromatic heterocycles. The van der Waals surface area contributed by atoms with Crippen LogP contribution in [0.3, 0.4) is 0 Å². The van der Waals surface area contributed by atoms with Gasteiger partial charge in [0.2, 0.25) is 0 Å². The Hall–Kier alpha value is -0.120. The predicted molar refractivity (Wildman–Crippen MR) is 91.8 cm³/mol. The fourth-order valence-corrected chi connectivity index (χ4v) is 4.39. The van der Waals surface area contributed by atoms with E-state index in [-0.39, 0.29) is 0 Å². The molecule has 0 spiro atoms. The van der Waals surface area contributed by atoms with Crippen molar-refractivity contribution < 1.29 is 0 Å². The molecule has 1 N–H and O–H groups in total. The number of rotatable bonds is 5. The number of hydrogen-bond acceptors (Lipinski definition) is 3. The van der Waals surface area contributed by atoms with Gasteiger partial charge in [0.25, 0.3) is 0 Å². The third-order valence-electron chi connectivity index (χ3n) is 5.93. The van der Waals surface area contributed by atoms with Crippen LogP contribution < -0.4 is 5.32 Å². The molecule has 0 radical (unpaired) electrons. The van der Waals surface area contributed by atoms with Crippen LogP contribution in [0.5, 0.6) is 0 Å². The maximum absolute atomic E-state index is 3.76. The van der Waals surface area contributed by atoms with Crippen molar-refractivity contribution in [1.82, 2.24) is 15.1 Å². The molecule has 1 saturated carbocycles. The van der Waals surface area contributed by atoms with Crippen LogP contribution in [0.15, 0.2) is 0 Å². The van der Waals surface area contributed by atoms with Crippen LogP contribution in [0.1, 0.15) is 59.8 Å². The van der Waals surface area contributed by atoms with Crippen LogP contribution in [0.4, 0.5) is 0 Å². The lowest BCUT2D eigenvalue weighted by atomic mass is 9.72. The number of likely N-dealkylation sites (N-methyl/N-ethyl adjacent to an activating group) is 2. The minimum Gasteiger partial charge on any atom is -0.313 e. The van der Waals surface area contributed by atoms with E-state index < -0.39 is 0 Å². The van der Waals surface area contributed by atoms with Crippen molar-refractivity contribution in [2.75, 3.05) is 33.2 Å². The van der Waals surface area contributed by atoms with Crippen LogP contribution >= 0.6 is 0 Å². The molecule has 2 rings (SSSR count). The Morgan fingerprint density at radius 1 is 1.14 bits per heavy atom. The van der Waals surface area contributed by atoms with E-state index in [4.69, 9.17) is 0 Å². The van der Waals surface area contributed by atoms with E-state index in [9.17, 15) is 0 Å². The average molecular weight is 296 g/mol. The van der Waals surface area contributed by atoms with Gasteiger partial charge in [0.05, 0.1) is 0 Å². The zero-order valence-electron chi connectivity index (χ0n) is 15.0. The first-order valence-electron chi connectivity index (χ1n) is 9.14. The second kappa shape index (κ2) is 7.43. The minimum atomic E-state index is 0.509. The van der Waals surface area contributed by atoms with Crippen molar-refractivity contribution in [3.05, 3.63) is 0 Å². The fraction of sp³-hybridized carbons (Fsp3) is 1.00. The van der Waals surface area contributed by atoms with Crippen molar-refractivity contribution in [3.8, 4) is 0 Å². The first kappa shape index (κ1) is 17.2. The molecule has 3 nitrogen and oxygen atoms in total. The smallest absolute Gasteiger partial charge is 0.0254 e. The van der Waals surface area contributed by atoms with E-state index in [0.717, 1.165) is 12.6 Å². The van der Waals surface area contributed by atoms with Crippen LogP contribution in [0.25, 0.3) is 0 Å². The highest BCUT2D eigenvalue weighted by atomic mass is 15.2. The molecule has 0 amide bonds. The molecule has 3 heteroatoms. The van der Waals surface area contributed by atoms with E-state index in [2.05, 4.69) is 49.9 Å². The molecule has 2 unspecified atom stereocenters. The van der Waals surface area contributed by atoms with Gasteiger partial charge in [-0.2, -0.15) is 0 Å². The maximum Gasteiger partial charge on any atom is 0.0254 e. The van der Waals surface area contributed by atoms with Gasteiger partial charge < -0.3 is 10.2 Å². The monoisotopic (exact) mass is 295 g/mol. The van der Waals surface area contributed by atoms with Gasteiger partial charge in [0.15, 0.2) is 0 Å². The van der Waals surface area contributed by atoms with Crippen molar-refractivity contribution >= 4 is 0 Å². The molecule has 21 heavy (non-hydrogen) atoms. The Labute approximate surface area is 132 Å². The Morgan fingerprint density at radius 2 is 1.81 bits per heavy atom. The van der Waals surface area contributed by atoms with E-state index in [0.29, 0.717) is 17.5 Å². The Balaban J connectivity index is 1.98. The van der Waals surface area contributed by atoms with Crippen LogP contribution in [0, 0.1) is 5.41 Å². The third-order valence-corrected chi connectivity index (χ3v) is 5.93. The summed E-state index contributed by atoms with van der Waals surface area (Å²) in [7, 11) is 2.39. The topological polar surface area (TPSA) is 18.5 Å². The quantitative estimate of drug-likeness (QED) is 0.841. The highest BCUT2D eigenvalue weighted by molar-refractivity contribution is 4.96. The first-order chi connectivity index (χ1) is 9.96. The number of hydrogen-bond donors (Lipinski definition) is 1. The van der Waals surface area contributed by atoms with E-state index in [1.54, 1.807) is 0 Å². The molecule has 2 aliphatic rings. The van der Waals surface area contributed by atoms with Gasteiger partial charge in [0.1, 0.15) is 0 Å². The summed E-state index contributed by atoms with van der Waals surface area (Å²) in [4.78, 5) is 5.33. The molecule has 1 heterocycles. The van der Waals surface area contributed by atoms with Gasteiger partial charge in [-0.05, 0) is 70.7 Å². The van der Waals surface area contributed by atoms with Crippen molar-refractivity contribution in [2.45, 2.75) is 77.9 Å². The largest absolute Gasteiger partial charge is 0.313 e. The van der Waals surface area contributed by atoms with Gasteiger partial charge in [-0.1, -0.05) is 27.7 Å². The van der Waals surface area contributed by atoms with Crippen molar-refractivity contribution in [1.29, 1.82) is 0 Å². The molecule has 2 atom stereocenters. The molecular formula is C18H37N3. The van der Waals surface area contributed by atoms with Crippen LogP contribution in [-0.2, 0) is 0 Å². The lowest BCUT2D eigenvalue weighted by molar-refractivity contribution is 0.0318. The molecule has 1 aliphatic heterocycles. The normalized spacial score (nSPS) is 31.7. The van der Waals surface area contributed by atoms with E-state index in [1.807, 2.05) is 0 Å². The zero-order valence-corrected chi connectivity index (χ0v) is 15.0. The summed E-state index contributed by atoms with van der Waals surface area (Å²) in [5.41, 5.74) is 0.509. The van der Waals surface area contributed by atoms with Gasteiger partial charge in [0, 0.05) is 18.1 Å². The number of piperidine rings is 1. The Bertz CT molecular complexity index is 308. The van der Waals surface area contributed by atoms with Crippen LogP contribution in [-0.4, -0.2) is 61.2 Å². The first-order valence-corrected chi connectivity index (χ1v) is 9.14. The summed E-state index contributed by atoms with van der Waals surface area (Å²) in [6.45, 7) is 14.3. The van der Waals surface area contributed by atoms with Gasteiger partial charge >= 0.3 is 0 Å². The lowest BCUT2D eigenvalue weighted by Gasteiger charge is -2.48. The summed E-state index contributed by atoms with van der Waals surface area (Å²) in [6, 6.07) is 2.19. The molecule has 0 aromatic carbocycles. The molecule has 2 fully saturated rings. The number of likely N-dealkylation sites (tertiary alicyclic amines) is 1. The lowest BCUT2D eigenvalue weighted by Crippen LogP contribution is -2.57. The molecule has 0 aromatic rings. The third kappa shape index (κ3) is 4.43. The summed E-state index contributed by atoms with van der Waals surface area (Å²) in [5.74, 6) is 0. The summed E-state index contributed by atoms with van der Waals surface area (Å²) < 4.78 is 0. The zero-order chi connectivity index (χ0) is 15.5. The maximum atomic E-state index is 3.76. The summed E-state index contributed by atoms with van der Waals surface area (Å²) in [5, 5.41) is 3.76. The number of nitrogens with one attached hydrogen (secondary N) is 1.